The summed E-state index contributed by atoms with van der Waals surface area (Å²) in [7, 11) is 0. The summed E-state index contributed by atoms with van der Waals surface area (Å²) in [6.07, 6.45) is 0.232. The van der Waals surface area contributed by atoms with Crippen LogP contribution in [0.4, 0.5) is 5.69 Å². The van der Waals surface area contributed by atoms with Gasteiger partial charge in [-0.15, -0.1) is 0 Å². The SMILES string of the molecule is O=C(Nc1ccccc1)c1ccc(OCC2CO2)cc1. The van der Waals surface area contributed by atoms with E-state index >= 15 is 0 Å². The number of benzene rings is 2. The molecule has 1 aliphatic heterocycles. The van der Waals surface area contributed by atoms with Gasteiger partial charge in [-0.05, 0) is 36.4 Å². The Morgan fingerprint density at radius 1 is 1.15 bits per heavy atom. The van der Waals surface area contributed by atoms with Crippen LogP contribution in [0.1, 0.15) is 10.4 Å². The third kappa shape index (κ3) is 3.36. The number of anilines is 1. The second-order valence-electron chi connectivity index (χ2n) is 4.61. The molecule has 0 bridgehead atoms. The molecular formula is C16H15NO3. The monoisotopic (exact) mass is 269 g/mol. The summed E-state index contributed by atoms with van der Waals surface area (Å²) in [6, 6.07) is 16.5. The van der Waals surface area contributed by atoms with Crippen molar-refractivity contribution < 1.29 is 14.3 Å². The fraction of sp³-hybridized carbons (Fsp3) is 0.188. The normalized spacial score (nSPS) is 16.5. The highest BCUT2D eigenvalue weighted by Gasteiger charge is 2.23. The smallest absolute Gasteiger partial charge is 0.255 e. The molecule has 0 saturated carbocycles. The van der Waals surface area contributed by atoms with Gasteiger partial charge in [0.2, 0.25) is 0 Å². The summed E-state index contributed by atoms with van der Waals surface area (Å²) in [4.78, 5) is 12.0. The van der Waals surface area contributed by atoms with Gasteiger partial charge in [0.05, 0.1) is 6.61 Å². The molecule has 2 aromatic carbocycles. The predicted molar refractivity (Wildman–Crippen MR) is 76.1 cm³/mol. The van der Waals surface area contributed by atoms with E-state index in [2.05, 4.69) is 5.32 Å². The maximum Gasteiger partial charge on any atom is 0.255 e. The lowest BCUT2D eigenvalue weighted by molar-refractivity contribution is 0.102. The van der Waals surface area contributed by atoms with Crippen molar-refractivity contribution in [3.63, 3.8) is 0 Å². The van der Waals surface area contributed by atoms with Crippen molar-refractivity contribution in [2.45, 2.75) is 6.10 Å². The van der Waals surface area contributed by atoms with E-state index < -0.39 is 0 Å². The number of carbonyl (C=O) groups is 1. The Hall–Kier alpha value is -2.33. The highest BCUT2D eigenvalue weighted by Crippen LogP contribution is 2.16. The minimum atomic E-state index is -0.131. The maximum atomic E-state index is 12.0. The minimum absolute atomic E-state index is 0.131. The van der Waals surface area contributed by atoms with Gasteiger partial charge < -0.3 is 14.8 Å². The van der Waals surface area contributed by atoms with Crippen molar-refractivity contribution in [2.75, 3.05) is 18.5 Å². The van der Waals surface area contributed by atoms with Crippen LogP contribution in [0, 0.1) is 0 Å². The van der Waals surface area contributed by atoms with Crippen LogP contribution in [-0.2, 0) is 4.74 Å². The summed E-state index contributed by atoms with van der Waals surface area (Å²) >= 11 is 0. The molecule has 3 rings (SSSR count). The molecule has 0 radical (unpaired) electrons. The van der Waals surface area contributed by atoms with Gasteiger partial charge in [0.1, 0.15) is 18.5 Å². The molecule has 0 spiro atoms. The van der Waals surface area contributed by atoms with E-state index in [1.807, 2.05) is 30.3 Å². The zero-order chi connectivity index (χ0) is 13.8. The van der Waals surface area contributed by atoms with Crippen molar-refractivity contribution in [3.05, 3.63) is 60.2 Å². The number of hydrogen-bond donors (Lipinski definition) is 1. The van der Waals surface area contributed by atoms with E-state index in [4.69, 9.17) is 9.47 Å². The molecule has 0 aromatic heterocycles. The standard InChI is InChI=1S/C16H15NO3/c18-16(17-13-4-2-1-3-5-13)12-6-8-14(9-7-12)19-10-15-11-20-15/h1-9,15H,10-11H2,(H,17,18). The number of carbonyl (C=O) groups excluding carboxylic acids is 1. The molecule has 0 aliphatic carbocycles. The zero-order valence-electron chi connectivity index (χ0n) is 10.9. The first kappa shape index (κ1) is 12.7. The van der Waals surface area contributed by atoms with E-state index in [0.29, 0.717) is 12.2 Å². The largest absolute Gasteiger partial charge is 0.491 e. The number of ether oxygens (including phenoxy) is 2. The third-order valence-electron chi connectivity index (χ3n) is 2.99. The summed E-state index contributed by atoms with van der Waals surface area (Å²) in [5.41, 5.74) is 1.38. The third-order valence-corrected chi connectivity index (χ3v) is 2.99. The minimum Gasteiger partial charge on any atom is -0.491 e. The Morgan fingerprint density at radius 3 is 2.50 bits per heavy atom. The molecule has 1 amide bonds. The molecule has 20 heavy (non-hydrogen) atoms. The second kappa shape index (κ2) is 5.75. The Morgan fingerprint density at radius 2 is 1.85 bits per heavy atom. The van der Waals surface area contributed by atoms with E-state index in [9.17, 15) is 4.79 Å². The van der Waals surface area contributed by atoms with Gasteiger partial charge in [0.15, 0.2) is 0 Å². The Kier molecular flexibility index (Phi) is 3.65. The first-order valence-electron chi connectivity index (χ1n) is 6.52. The average Bonchev–Trinajstić information content (AvgIpc) is 3.31. The van der Waals surface area contributed by atoms with Crippen LogP contribution in [-0.4, -0.2) is 25.2 Å². The van der Waals surface area contributed by atoms with Crippen molar-refractivity contribution in [3.8, 4) is 5.75 Å². The molecule has 102 valence electrons. The van der Waals surface area contributed by atoms with Gasteiger partial charge in [-0.25, -0.2) is 0 Å². The predicted octanol–water partition coefficient (Wildman–Crippen LogP) is 2.72. The van der Waals surface area contributed by atoms with Crippen LogP contribution >= 0.6 is 0 Å². The molecule has 4 nitrogen and oxygen atoms in total. The molecular weight excluding hydrogens is 254 g/mol. The average molecular weight is 269 g/mol. The molecule has 1 aliphatic rings. The summed E-state index contributed by atoms with van der Waals surface area (Å²) in [5, 5.41) is 2.84. The number of amides is 1. The second-order valence-corrected chi connectivity index (χ2v) is 4.61. The number of epoxide rings is 1. The van der Waals surface area contributed by atoms with Gasteiger partial charge in [0, 0.05) is 11.3 Å². The highest BCUT2D eigenvalue weighted by molar-refractivity contribution is 6.04. The van der Waals surface area contributed by atoms with Crippen molar-refractivity contribution in [1.82, 2.24) is 0 Å². The number of para-hydroxylation sites is 1. The molecule has 2 aromatic rings. The van der Waals surface area contributed by atoms with Gasteiger partial charge in [0.25, 0.3) is 5.91 Å². The van der Waals surface area contributed by atoms with Crippen LogP contribution < -0.4 is 10.1 Å². The van der Waals surface area contributed by atoms with E-state index in [1.54, 1.807) is 24.3 Å². The van der Waals surface area contributed by atoms with Crippen LogP contribution in [0.2, 0.25) is 0 Å². The quantitative estimate of drug-likeness (QED) is 0.849. The van der Waals surface area contributed by atoms with Gasteiger partial charge in [-0.3, -0.25) is 4.79 Å². The summed E-state index contributed by atoms with van der Waals surface area (Å²) in [6.45, 7) is 1.34. The lowest BCUT2D eigenvalue weighted by Crippen LogP contribution is -2.11. The molecule has 1 atom stereocenters. The Bertz CT molecular complexity index is 576. The molecule has 1 unspecified atom stereocenters. The molecule has 1 N–H and O–H groups in total. The summed E-state index contributed by atoms with van der Waals surface area (Å²) < 4.78 is 10.6. The number of rotatable bonds is 5. The van der Waals surface area contributed by atoms with Crippen molar-refractivity contribution in [1.29, 1.82) is 0 Å². The summed E-state index contributed by atoms with van der Waals surface area (Å²) in [5.74, 6) is 0.616. The molecule has 1 fully saturated rings. The molecule has 1 saturated heterocycles. The van der Waals surface area contributed by atoms with Gasteiger partial charge in [-0.2, -0.15) is 0 Å². The van der Waals surface area contributed by atoms with Crippen molar-refractivity contribution >= 4 is 11.6 Å². The number of hydrogen-bond acceptors (Lipinski definition) is 3. The highest BCUT2D eigenvalue weighted by atomic mass is 16.6. The first-order valence-corrected chi connectivity index (χ1v) is 6.52. The fourth-order valence-electron chi connectivity index (χ4n) is 1.78. The van der Waals surface area contributed by atoms with E-state index in [-0.39, 0.29) is 12.0 Å². The van der Waals surface area contributed by atoms with Gasteiger partial charge >= 0.3 is 0 Å². The van der Waals surface area contributed by atoms with Crippen molar-refractivity contribution in [2.24, 2.45) is 0 Å². The molecule has 4 heteroatoms. The topological polar surface area (TPSA) is 50.9 Å². The van der Waals surface area contributed by atoms with Crippen LogP contribution in [0.3, 0.4) is 0 Å². The van der Waals surface area contributed by atoms with Crippen LogP contribution in [0.25, 0.3) is 0 Å². The zero-order valence-corrected chi connectivity index (χ0v) is 10.9. The lowest BCUT2D eigenvalue weighted by Gasteiger charge is -2.07. The van der Waals surface area contributed by atoms with E-state index in [0.717, 1.165) is 18.0 Å². The van der Waals surface area contributed by atoms with Crippen LogP contribution in [0.15, 0.2) is 54.6 Å². The first-order chi connectivity index (χ1) is 9.81. The van der Waals surface area contributed by atoms with Crippen LogP contribution in [0.5, 0.6) is 5.75 Å². The molecule has 1 heterocycles. The Balaban J connectivity index is 1.59. The maximum absolute atomic E-state index is 12.0. The Labute approximate surface area is 117 Å². The number of nitrogens with one attached hydrogen (secondary N) is 1. The van der Waals surface area contributed by atoms with E-state index in [1.165, 1.54) is 0 Å². The lowest BCUT2D eigenvalue weighted by atomic mass is 10.2. The fourth-order valence-corrected chi connectivity index (χ4v) is 1.78. The van der Waals surface area contributed by atoms with Gasteiger partial charge in [-0.1, -0.05) is 18.2 Å².